The predicted molar refractivity (Wildman–Crippen MR) is 114 cm³/mol. The van der Waals surface area contributed by atoms with Crippen molar-refractivity contribution >= 4 is 34.9 Å². The van der Waals surface area contributed by atoms with Crippen LogP contribution in [0.1, 0.15) is 23.4 Å². The van der Waals surface area contributed by atoms with Gasteiger partial charge in [0.1, 0.15) is 0 Å². The van der Waals surface area contributed by atoms with Crippen LogP contribution in [0, 0.1) is 0 Å². The zero-order chi connectivity index (χ0) is 21.2. The van der Waals surface area contributed by atoms with Crippen LogP contribution in [0.4, 0.5) is 21.9 Å². The number of benzene rings is 2. The normalized spacial score (nSPS) is 10.1. The molecule has 4 amide bonds. The lowest BCUT2D eigenvalue weighted by molar-refractivity contribution is -0.116. The standard InChI is InChI=1S/C22H22N4O4/c27-20(9-4-14-23-21(28)19-8-5-15-30-19)24-17-10-12-18(13-11-17)26-22(29)25-16-6-2-1-3-7-16/h1-3,5-8,10-13,15H,4,9,14H2,(H,23,28)(H,24,27)(H2,25,26,29). The number of furan rings is 1. The van der Waals surface area contributed by atoms with Crippen molar-refractivity contribution in [3.63, 3.8) is 0 Å². The smallest absolute Gasteiger partial charge is 0.323 e. The van der Waals surface area contributed by atoms with E-state index < -0.39 is 0 Å². The number of urea groups is 1. The van der Waals surface area contributed by atoms with Crippen molar-refractivity contribution in [1.29, 1.82) is 0 Å². The van der Waals surface area contributed by atoms with Gasteiger partial charge in [0.15, 0.2) is 5.76 Å². The van der Waals surface area contributed by atoms with Crippen molar-refractivity contribution < 1.29 is 18.8 Å². The topological polar surface area (TPSA) is 112 Å². The highest BCUT2D eigenvalue weighted by Gasteiger charge is 2.08. The molecular formula is C22H22N4O4. The van der Waals surface area contributed by atoms with E-state index in [1.165, 1.54) is 6.26 Å². The summed E-state index contributed by atoms with van der Waals surface area (Å²) in [5.41, 5.74) is 1.91. The molecule has 154 valence electrons. The van der Waals surface area contributed by atoms with Gasteiger partial charge in [-0.2, -0.15) is 0 Å². The first kappa shape index (κ1) is 20.7. The van der Waals surface area contributed by atoms with Crippen LogP contribution in [0.5, 0.6) is 0 Å². The second kappa shape index (κ2) is 10.5. The van der Waals surface area contributed by atoms with Gasteiger partial charge in [0, 0.05) is 30.0 Å². The molecule has 1 aromatic heterocycles. The van der Waals surface area contributed by atoms with Crippen LogP contribution >= 0.6 is 0 Å². The maximum absolute atomic E-state index is 12.0. The van der Waals surface area contributed by atoms with Gasteiger partial charge in [-0.15, -0.1) is 0 Å². The van der Waals surface area contributed by atoms with Gasteiger partial charge in [0.2, 0.25) is 5.91 Å². The molecule has 0 aliphatic heterocycles. The molecule has 1 heterocycles. The van der Waals surface area contributed by atoms with E-state index in [9.17, 15) is 14.4 Å². The van der Waals surface area contributed by atoms with Gasteiger partial charge < -0.3 is 25.7 Å². The minimum Gasteiger partial charge on any atom is -0.459 e. The summed E-state index contributed by atoms with van der Waals surface area (Å²) in [6.07, 6.45) is 2.19. The molecule has 2 aromatic carbocycles. The second-order valence-corrected chi connectivity index (χ2v) is 6.41. The number of carbonyl (C=O) groups is 3. The fraction of sp³-hybridized carbons (Fsp3) is 0.136. The van der Waals surface area contributed by atoms with Crippen LogP contribution in [0.2, 0.25) is 0 Å². The molecule has 0 radical (unpaired) electrons. The molecule has 0 spiro atoms. The molecule has 0 saturated carbocycles. The number of hydrogen-bond acceptors (Lipinski definition) is 4. The SMILES string of the molecule is O=C(CCCNC(=O)c1ccco1)Nc1ccc(NC(=O)Nc2ccccc2)cc1. The number of amides is 4. The average Bonchev–Trinajstić information content (AvgIpc) is 3.28. The third-order valence-electron chi connectivity index (χ3n) is 4.07. The highest BCUT2D eigenvalue weighted by Crippen LogP contribution is 2.15. The van der Waals surface area contributed by atoms with Crippen molar-refractivity contribution in [3.8, 4) is 0 Å². The second-order valence-electron chi connectivity index (χ2n) is 6.41. The molecule has 0 atom stereocenters. The van der Waals surface area contributed by atoms with E-state index in [4.69, 9.17) is 4.42 Å². The molecule has 0 saturated heterocycles. The molecule has 3 rings (SSSR count). The van der Waals surface area contributed by atoms with Gasteiger partial charge in [0.25, 0.3) is 5.91 Å². The van der Waals surface area contributed by atoms with E-state index in [0.29, 0.717) is 30.0 Å². The summed E-state index contributed by atoms with van der Waals surface area (Å²) in [4.78, 5) is 35.7. The van der Waals surface area contributed by atoms with E-state index in [0.717, 1.165) is 0 Å². The van der Waals surface area contributed by atoms with Gasteiger partial charge in [-0.1, -0.05) is 18.2 Å². The quantitative estimate of drug-likeness (QED) is 0.422. The first-order valence-electron chi connectivity index (χ1n) is 9.45. The highest BCUT2D eigenvalue weighted by molar-refractivity contribution is 6.00. The summed E-state index contributed by atoms with van der Waals surface area (Å²) in [5, 5.41) is 10.9. The molecule has 8 heteroatoms. The van der Waals surface area contributed by atoms with Crippen LogP contribution in [0.25, 0.3) is 0 Å². The lowest BCUT2D eigenvalue weighted by Gasteiger charge is -2.09. The number of nitrogens with one attached hydrogen (secondary N) is 4. The van der Waals surface area contributed by atoms with Gasteiger partial charge in [-0.3, -0.25) is 9.59 Å². The van der Waals surface area contributed by atoms with E-state index in [1.807, 2.05) is 18.2 Å². The number of carbonyl (C=O) groups excluding carboxylic acids is 3. The lowest BCUT2D eigenvalue weighted by atomic mass is 10.2. The molecule has 30 heavy (non-hydrogen) atoms. The zero-order valence-corrected chi connectivity index (χ0v) is 16.2. The Morgan fingerprint density at radius 1 is 0.733 bits per heavy atom. The van der Waals surface area contributed by atoms with Crippen molar-refractivity contribution in [2.75, 3.05) is 22.5 Å². The Labute approximate surface area is 173 Å². The van der Waals surface area contributed by atoms with E-state index in [1.54, 1.807) is 48.5 Å². The van der Waals surface area contributed by atoms with E-state index >= 15 is 0 Å². The number of rotatable bonds is 8. The van der Waals surface area contributed by atoms with Crippen LogP contribution in [-0.2, 0) is 4.79 Å². The van der Waals surface area contributed by atoms with Gasteiger partial charge in [-0.05, 0) is 55.0 Å². The van der Waals surface area contributed by atoms with Crippen LogP contribution in [-0.4, -0.2) is 24.4 Å². The minimum absolute atomic E-state index is 0.162. The molecule has 4 N–H and O–H groups in total. The van der Waals surface area contributed by atoms with Crippen molar-refractivity contribution in [2.24, 2.45) is 0 Å². The summed E-state index contributed by atoms with van der Waals surface area (Å²) >= 11 is 0. The first-order chi connectivity index (χ1) is 14.6. The number of anilines is 3. The molecule has 0 aliphatic rings. The largest absolute Gasteiger partial charge is 0.459 e. The van der Waals surface area contributed by atoms with Crippen LogP contribution < -0.4 is 21.3 Å². The monoisotopic (exact) mass is 406 g/mol. The lowest BCUT2D eigenvalue weighted by Crippen LogP contribution is -2.25. The fourth-order valence-corrected chi connectivity index (χ4v) is 2.62. The molecule has 0 unspecified atom stereocenters. The molecule has 0 aliphatic carbocycles. The Morgan fingerprint density at radius 3 is 2.00 bits per heavy atom. The molecule has 8 nitrogen and oxygen atoms in total. The third kappa shape index (κ3) is 6.52. The van der Waals surface area contributed by atoms with Gasteiger partial charge in [-0.25, -0.2) is 4.79 Å². The van der Waals surface area contributed by atoms with Gasteiger partial charge >= 0.3 is 6.03 Å². The van der Waals surface area contributed by atoms with Crippen LogP contribution in [0.3, 0.4) is 0 Å². The molecule has 3 aromatic rings. The summed E-state index contributed by atoms with van der Waals surface area (Å²) in [5.74, 6) is -0.227. The van der Waals surface area contributed by atoms with Crippen molar-refractivity contribution in [1.82, 2.24) is 5.32 Å². The summed E-state index contributed by atoms with van der Waals surface area (Å²) in [6.45, 7) is 0.367. The van der Waals surface area contributed by atoms with E-state index in [2.05, 4.69) is 21.3 Å². The first-order valence-corrected chi connectivity index (χ1v) is 9.45. The van der Waals surface area contributed by atoms with Crippen molar-refractivity contribution in [3.05, 3.63) is 78.8 Å². The Hall–Kier alpha value is -4.07. The van der Waals surface area contributed by atoms with Crippen LogP contribution in [0.15, 0.2) is 77.4 Å². The molecule has 0 fully saturated rings. The Morgan fingerprint density at radius 2 is 1.37 bits per heavy atom. The fourth-order valence-electron chi connectivity index (χ4n) is 2.62. The number of para-hydroxylation sites is 1. The van der Waals surface area contributed by atoms with Gasteiger partial charge in [0.05, 0.1) is 6.26 Å². The Kier molecular flexibility index (Phi) is 7.21. The summed E-state index contributed by atoms with van der Waals surface area (Å²) < 4.78 is 4.99. The third-order valence-corrected chi connectivity index (χ3v) is 4.07. The predicted octanol–water partition coefficient (Wildman–Crippen LogP) is 4.07. The zero-order valence-electron chi connectivity index (χ0n) is 16.2. The Bertz CT molecular complexity index is 970. The molecular weight excluding hydrogens is 384 g/mol. The maximum atomic E-state index is 12.0. The van der Waals surface area contributed by atoms with Crippen molar-refractivity contribution in [2.45, 2.75) is 12.8 Å². The van der Waals surface area contributed by atoms with E-state index in [-0.39, 0.29) is 30.0 Å². The summed E-state index contributed by atoms with van der Waals surface area (Å²) in [7, 11) is 0. The number of hydrogen-bond donors (Lipinski definition) is 4. The molecule has 0 bridgehead atoms. The average molecular weight is 406 g/mol. The highest BCUT2D eigenvalue weighted by atomic mass is 16.3. The summed E-state index contributed by atoms with van der Waals surface area (Å²) in [6, 6.07) is 18.8. The Balaban J connectivity index is 1.36. The maximum Gasteiger partial charge on any atom is 0.323 e. The minimum atomic E-state index is -0.352.